The predicted molar refractivity (Wildman–Crippen MR) is 114 cm³/mol. The first-order valence-electron chi connectivity index (χ1n) is 9.50. The number of carbonyl (C=O) groups excluding carboxylic acids is 1. The SMILES string of the molecule is CCn1c(=O)n(CC)c2cc(NC(=O)CSc3nnc(-c4ccncc4)o3)ccc21. The Kier molecular flexibility index (Phi) is 5.66. The average Bonchev–Trinajstić information content (AvgIpc) is 3.34. The molecule has 0 unspecified atom stereocenters. The molecule has 154 valence electrons. The van der Waals surface area contributed by atoms with Crippen molar-refractivity contribution in [3.63, 3.8) is 0 Å². The van der Waals surface area contributed by atoms with Gasteiger partial charge in [0.05, 0.1) is 16.8 Å². The minimum atomic E-state index is -0.205. The van der Waals surface area contributed by atoms with Crippen LogP contribution in [0.3, 0.4) is 0 Å². The summed E-state index contributed by atoms with van der Waals surface area (Å²) < 4.78 is 8.99. The van der Waals surface area contributed by atoms with E-state index in [9.17, 15) is 9.59 Å². The van der Waals surface area contributed by atoms with Gasteiger partial charge in [-0.05, 0) is 44.2 Å². The summed E-state index contributed by atoms with van der Waals surface area (Å²) in [5, 5.41) is 11.1. The number of thioether (sulfide) groups is 1. The number of carbonyl (C=O) groups is 1. The summed E-state index contributed by atoms with van der Waals surface area (Å²) in [6, 6.07) is 9.02. The number of fused-ring (bicyclic) bond motifs is 1. The number of pyridine rings is 1. The first-order valence-corrected chi connectivity index (χ1v) is 10.5. The molecule has 1 amide bonds. The van der Waals surface area contributed by atoms with Crippen molar-refractivity contribution in [3.05, 3.63) is 53.2 Å². The fourth-order valence-corrected chi connectivity index (χ4v) is 3.78. The molecule has 4 aromatic rings. The zero-order valence-electron chi connectivity index (χ0n) is 16.5. The lowest BCUT2D eigenvalue weighted by Gasteiger charge is -2.06. The Balaban J connectivity index is 1.44. The highest BCUT2D eigenvalue weighted by atomic mass is 32.2. The van der Waals surface area contributed by atoms with Crippen molar-refractivity contribution in [1.82, 2.24) is 24.3 Å². The maximum atomic E-state index is 12.5. The standard InChI is InChI=1S/C20H20N6O3S/c1-3-25-15-6-5-14(11-16(15)26(4-2)20(25)28)22-17(27)12-30-19-24-23-18(29-19)13-7-9-21-10-8-13/h5-11H,3-4,12H2,1-2H3,(H,22,27). The Morgan fingerprint density at radius 3 is 2.53 bits per heavy atom. The van der Waals surface area contributed by atoms with Crippen LogP contribution in [0.25, 0.3) is 22.5 Å². The van der Waals surface area contributed by atoms with Gasteiger partial charge in [0.15, 0.2) is 0 Å². The van der Waals surface area contributed by atoms with Gasteiger partial charge in [-0.15, -0.1) is 10.2 Å². The molecule has 3 heterocycles. The van der Waals surface area contributed by atoms with Crippen LogP contribution >= 0.6 is 11.8 Å². The molecule has 1 N–H and O–H groups in total. The van der Waals surface area contributed by atoms with Gasteiger partial charge in [-0.25, -0.2) is 4.79 Å². The number of anilines is 1. The highest BCUT2D eigenvalue weighted by Gasteiger charge is 2.14. The summed E-state index contributed by atoms with van der Waals surface area (Å²) >= 11 is 1.16. The molecule has 9 nitrogen and oxygen atoms in total. The minimum Gasteiger partial charge on any atom is -0.411 e. The molecule has 0 saturated heterocycles. The quantitative estimate of drug-likeness (QED) is 0.454. The van der Waals surface area contributed by atoms with E-state index < -0.39 is 0 Å². The average molecular weight is 424 g/mol. The Hall–Kier alpha value is -3.40. The zero-order chi connectivity index (χ0) is 21.1. The van der Waals surface area contributed by atoms with Crippen LogP contribution in [-0.4, -0.2) is 36.0 Å². The second kappa shape index (κ2) is 8.54. The molecule has 0 atom stereocenters. The van der Waals surface area contributed by atoms with E-state index in [4.69, 9.17) is 4.42 Å². The number of nitrogens with zero attached hydrogens (tertiary/aromatic N) is 5. The van der Waals surface area contributed by atoms with Crippen molar-refractivity contribution in [3.8, 4) is 11.5 Å². The van der Waals surface area contributed by atoms with E-state index in [0.717, 1.165) is 28.4 Å². The lowest BCUT2D eigenvalue weighted by atomic mass is 10.2. The van der Waals surface area contributed by atoms with Gasteiger partial charge < -0.3 is 9.73 Å². The lowest BCUT2D eigenvalue weighted by Crippen LogP contribution is -2.23. The van der Waals surface area contributed by atoms with E-state index >= 15 is 0 Å². The van der Waals surface area contributed by atoms with Crippen molar-refractivity contribution in [1.29, 1.82) is 0 Å². The molecule has 0 spiro atoms. The number of hydrogen-bond acceptors (Lipinski definition) is 7. The molecule has 0 aliphatic carbocycles. The smallest absolute Gasteiger partial charge is 0.329 e. The highest BCUT2D eigenvalue weighted by Crippen LogP contribution is 2.23. The first-order chi connectivity index (χ1) is 14.6. The van der Waals surface area contributed by atoms with Crippen LogP contribution in [0.15, 0.2) is 57.2 Å². The van der Waals surface area contributed by atoms with Crippen LogP contribution in [-0.2, 0) is 17.9 Å². The highest BCUT2D eigenvalue weighted by molar-refractivity contribution is 7.99. The molecule has 4 rings (SSSR count). The molecule has 0 radical (unpaired) electrons. The Morgan fingerprint density at radius 2 is 1.80 bits per heavy atom. The second-order valence-corrected chi connectivity index (χ2v) is 7.35. The molecule has 0 saturated carbocycles. The van der Waals surface area contributed by atoms with Crippen molar-refractivity contribution in [2.45, 2.75) is 32.2 Å². The molecule has 30 heavy (non-hydrogen) atoms. The van der Waals surface area contributed by atoms with Crippen molar-refractivity contribution < 1.29 is 9.21 Å². The molecule has 3 aromatic heterocycles. The summed E-state index contributed by atoms with van der Waals surface area (Å²) in [7, 11) is 0. The summed E-state index contributed by atoms with van der Waals surface area (Å²) in [6.07, 6.45) is 3.28. The largest absolute Gasteiger partial charge is 0.411 e. The van der Waals surface area contributed by atoms with Crippen LogP contribution < -0.4 is 11.0 Å². The van der Waals surface area contributed by atoms with E-state index in [1.54, 1.807) is 39.7 Å². The zero-order valence-corrected chi connectivity index (χ0v) is 17.3. The van der Waals surface area contributed by atoms with Gasteiger partial charge in [-0.1, -0.05) is 11.8 Å². The normalized spacial score (nSPS) is 11.1. The molecule has 10 heteroatoms. The van der Waals surface area contributed by atoms with Crippen molar-refractivity contribution in [2.75, 3.05) is 11.1 Å². The second-order valence-electron chi connectivity index (χ2n) is 6.42. The minimum absolute atomic E-state index is 0.0459. The third-order valence-electron chi connectivity index (χ3n) is 4.60. The maximum Gasteiger partial charge on any atom is 0.329 e. The van der Waals surface area contributed by atoms with Gasteiger partial charge in [-0.3, -0.25) is 18.9 Å². The van der Waals surface area contributed by atoms with Crippen molar-refractivity contribution in [2.24, 2.45) is 0 Å². The van der Waals surface area contributed by atoms with Crippen LogP contribution in [0.1, 0.15) is 13.8 Å². The van der Waals surface area contributed by atoms with Gasteiger partial charge in [-0.2, -0.15) is 0 Å². The van der Waals surface area contributed by atoms with E-state index in [-0.39, 0.29) is 17.3 Å². The van der Waals surface area contributed by atoms with Gasteiger partial charge in [0.1, 0.15) is 0 Å². The number of imidazole rings is 1. The summed E-state index contributed by atoms with van der Waals surface area (Å²) in [6.45, 7) is 5.02. The third-order valence-corrected chi connectivity index (χ3v) is 5.41. The maximum absolute atomic E-state index is 12.5. The van der Waals surface area contributed by atoms with E-state index in [0.29, 0.717) is 29.9 Å². The van der Waals surface area contributed by atoms with E-state index in [2.05, 4.69) is 20.5 Å². The van der Waals surface area contributed by atoms with Crippen LogP contribution in [0.5, 0.6) is 0 Å². The molecule has 1 aromatic carbocycles. The number of aromatic nitrogens is 5. The molecule has 0 bridgehead atoms. The van der Waals surface area contributed by atoms with Gasteiger partial charge in [0.2, 0.25) is 11.8 Å². The third kappa shape index (κ3) is 3.86. The Bertz CT molecular complexity index is 1240. The van der Waals surface area contributed by atoms with Gasteiger partial charge in [0.25, 0.3) is 5.22 Å². The number of aryl methyl sites for hydroxylation is 2. The molecule has 0 aliphatic heterocycles. The molecule has 0 aliphatic rings. The first kappa shape index (κ1) is 19.9. The number of benzene rings is 1. The number of nitrogens with one attached hydrogen (secondary N) is 1. The number of rotatable bonds is 7. The Labute approximate surface area is 176 Å². The molecular formula is C20H20N6O3S. The van der Waals surface area contributed by atoms with E-state index in [1.165, 1.54) is 0 Å². The summed E-state index contributed by atoms with van der Waals surface area (Å²) in [4.78, 5) is 28.8. The fourth-order valence-electron chi connectivity index (χ4n) is 3.21. The monoisotopic (exact) mass is 424 g/mol. The van der Waals surface area contributed by atoms with E-state index in [1.807, 2.05) is 26.0 Å². The fraction of sp³-hybridized carbons (Fsp3) is 0.250. The molecule has 0 fully saturated rings. The van der Waals surface area contributed by atoms with Gasteiger partial charge in [0, 0.05) is 36.7 Å². The molecular weight excluding hydrogens is 404 g/mol. The lowest BCUT2D eigenvalue weighted by molar-refractivity contribution is -0.113. The van der Waals surface area contributed by atoms with Crippen molar-refractivity contribution >= 4 is 34.4 Å². The number of hydrogen-bond donors (Lipinski definition) is 1. The Morgan fingerprint density at radius 1 is 1.07 bits per heavy atom. The summed E-state index contributed by atoms with van der Waals surface area (Å²) in [5.74, 6) is 0.291. The predicted octanol–water partition coefficient (Wildman–Crippen LogP) is 3.02. The van der Waals surface area contributed by atoms with Crippen LogP contribution in [0.4, 0.5) is 5.69 Å². The van der Waals surface area contributed by atoms with Crippen LogP contribution in [0, 0.1) is 0 Å². The topological polar surface area (TPSA) is 108 Å². The van der Waals surface area contributed by atoms with Crippen LogP contribution in [0.2, 0.25) is 0 Å². The van der Waals surface area contributed by atoms with Gasteiger partial charge >= 0.3 is 5.69 Å². The number of amides is 1. The summed E-state index contributed by atoms with van der Waals surface area (Å²) in [5.41, 5.74) is 3.00.